The number of benzene rings is 3. The Kier molecular flexibility index (Phi) is 6.19. The number of non-ortho nitro benzene ring substituents is 1. The van der Waals surface area contributed by atoms with Crippen LogP contribution in [0.1, 0.15) is 5.56 Å². The van der Waals surface area contributed by atoms with Crippen LogP contribution in [0.2, 0.25) is 5.02 Å². The highest BCUT2D eigenvalue weighted by Gasteiger charge is 2.23. The first kappa shape index (κ1) is 21.1. The van der Waals surface area contributed by atoms with E-state index in [-0.39, 0.29) is 22.1 Å². The van der Waals surface area contributed by atoms with Gasteiger partial charge < -0.3 is 5.11 Å². The number of para-hydroxylation sites is 2. The lowest BCUT2D eigenvalue weighted by atomic mass is 10.2. The molecule has 3 N–H and O–H groups in total. The lowest BCUT2D eigenvalue weighted by Gasteiger charge is -2.13. The second kappa shape index (κ2) is 8.80. The third kappa shape index (κ3) is 4.85. The molecule has 0 atom stereocenters. The number of halogens is 1. The third-order valence-electron chi connectivity index (χ3n) is 3.91. The van der Waals surface area contributed by atoms with Crippen LogP contribution in [0.3, 0.4) is 0 Å². The van der Waals surface area contributed by atoms with Gasteiger partial charge in [-0.15, -0.1) is 0 Å². The van der Waals surface area contributed by atoms with E-state index in [9.17, 15) is 23.6 Å². The fraction of sp³-hybridized carbons (Fsp3) is 0. The number of rotatable bonds is 7. The molecule has 0 bridgehead atoms. The molecule has 154 valence electrons. The van der Waals surface area contributed by atoms with Gasteiger partial charge in [-0.05, 0) is 30.3 Å². The zero-order valence-electron chi connectivity index (χ0n) is 15.2. The number of aromatic hydroxyl groups is 1. The topological polar surface area (TPSA) is 134 Å². The molecule has 30 heavy (non-hydrogen) atoms. The smallest absolute Gasteiger partial charge is 0.270 e. The predicted molar refractivity (Wildman–Crippen MR) is 115 cm³/mol. The highest BCUT2D eigenvalue weighted by molar-refractivity contribution is 7.93. The van der Waals surface area contributed by atoms with Gasteiger partial charge in [0.15, 0.2) is 0 Å². The first-order valence-electron chi connectivity index (χ1n) is 8.41. The summed E-state index contributed by atoms with van der Waals surface area (Å²) in [7, 11) is -4.25. The van der Waals surface area contributed by atoms with E-state index in [2.05, 4.69) is 15.2 Å². The van der Waals surface area contributed by atoms with Crippen LogP contribution < -0.4 is 10.1 Å². The highest BCUT2D eigenvalue weighted by atomic mass is 35.5. The number of hydrazone groups is 1. The molecule has 9 nitrogen and oxygen atoms in total. The molecule has 0 heterocycles. The molecule has 3 aromatic carbocycles. The van der Waals surface area contributed by atoms with E-state index >= 15 is 0 Å². The predicted octanol–water partition coefficient (Wildman–Crippen LogP) is 4.20. The van der Waals surface area contributed by atoms with Crippen molar-refractivity contribution in [2.24, 2.45) is 5.10 Å². The van der Waals surface area contributed by atoms with Gasteiger partial charge in [-0.3, -0.25) is 20.3 Å². The Bertz CT molecular complexity index is 1230. The maximum absolute atomic E-state index is 12.9. The van der Waals surface area contributed by atoms with Crippen LogP contribution in [0.4, 0.5) is 17.1 Å². The van der Waals surface area contributed by atoms with Gasteiger partial charge in [-0.1, -0.05) is 35.9 Å². The van der Waals surface area contributed by atoms with Gasteiger partial charge in [0, 0.05) is 17.7 Å². The molecule has 3 aromatic rings. The molecule has 0 spiro atoms. The van der Waals surface area contributed by atoms with Gasteiger partial charge in [0.05, 0.1) is 27.5 Å². The first-order chi connectivity index (χ1) is 14.3. The molecule has 0 amide bonds. The van der Waals surface area contributed by atoms with E-state index in [1.54, 1.807) is 30.3 Å². The van der Waals surface area contributed by atoms with Gasteiger partial charge in [-0.25, -0.2) is 8.42 Å². The lowest BCUT2D eigenvalue weighted by Crippen LogP contribution is -2.15. The quantitative estimate of drug-likeness (QED) is 0.283. The molecule has 0 saturated carbocycles. The van der Waals surface area contributed by atoms with Crippen molar-refractivity contribution < 1.29 is 18.4 Å². The SMILES string of the molecule is O=[N+]([O-])c1ccc(NN=Cc2ccccc2O)c(S(=O)(=O)Nc2ccccc2Cl)c1. The Balaban J connectivity index is 1.97. The number of anilines is 2. The minimum Gasteiger partial charge on any atom is -0.507 e. The minimum absolute atomic E-state index is 0.00757. The molecule has 0 aromatic heterocycles. The van der Waals surface area contributed by atoms with E-state index in [4.69, 9.17) is 11.6 Å². The van der Waals surface area contributed by atoms with Crippen LogP contribution >= 0.6 is 11.6 Å². The van der Waals surface area contributed by atoms with E-state index in [0.29, 0.717) is 5.56 Å². The Morgan fingerprint density at radius 2 is 1.73 bits per heavy atom. The van der Waals surface area contributed by atoms with Crippen LogP contribution in [0.25, 0.3) is 0 Å². The summed E-state index contributed by atoms with van der Waals surface area (Å²) in [5, 5.41) is 25.0. The molecule has 0 aliphatic carbocycles. The number of phenolic OH excluding ortho intramolecular Hbond substituents is 1. The second-order valence-corrected chi connectivity index (χ2v) is 8.01. The molecule has 3 rings (SSSR count). The average molecular weight is 447 g/mol. The zero-order chi connectivity index (χ0) is 21.7. The first-order valence-corrected chi connectivity index (χ1v) is 10.3. The van der Waals surface area contributed by atoms with Crippen LogP contribution in [0.15, 0.2) is 76.7 Å². The highest BCUT2D eigenvalue weighted by Crippen LogP contribution is 2.30. The number of hydrogen-bond acceptors (Lipinski definition) is 7. The van der Waals surface area contributed by atoms with Crippen molar-refractivity contribution in [2.75, 3.05) is 10.1 Å². The van der Waals surface area contributed by atoms with Crippen molar-refractivity contribution in [3.05, 3.63) is 87.4 Å². The molecule has 11 heteroatoms. The van der Waals surface area contributed by atoms with Crippen molar-refractivity contribution in [2.45, 2.75) is 4.90 Å². The summed E-state index contributed by atoms with van der Waals surface area (Å²) in [6, 6.07) is 15.9. The van der Waals surface area contributed by atoms with Gasteiger partial charge in [0.1, 0.15) is 10.6 Å². The lowest BCUT2D eigenvalue weighted by molar-refractivity contribution is -0.385. The van der Waals surface area contributed by atoms with E-state index in [1.165, 1.54) is 30.5 Å². The number of nitro benzene ring substituents is 1. The van der Waals surface area contributed by atoms with Gasteiger partial charge in [0.25, 0.3) is 15.7 Å². The summed E-state index contributed by atoms with van der Waals surface area (Å²) < 4.78 is 28.1. The molecule has 0 fully saturated rings. The Hall–Kier alpha value is -3.63. The van der Waals surface area contributed by atoms with E-state index in [1.807, 2.05) is 0 Å². The Labute approximate surface area is 176 Å². The number of nitro groups is 1. The summed E-state index contributed by atoms with van der Waals surface area (Å²) >= 11 is 6.01. The van der Waals surface area contributed by atoms with Crippen molar-refractivity contribution >= 4 is 44.9 Å². The summed E-state index contributed by atoms with van der Waals surface area (Å²) in [5.41, 5.74) is 2.64. The molecular formula is C19H15ClN4O5S. The molecule has 0 unspecified atom stereocenters. The zero-order valence-corrected chi connectivity index (χ0v) is 16.8. The van der Waals surface area contributed by atoms with E-state index < -0.39 is 25.5 Å². The molecular weight excluding hydrogens is 432 g/mol. The van der Waals surface area contributed by atoms with Crippen LogP contribution in [0.5, 0.6) is 5.75 Å². The van der Waals surface area contributed by atoms with Crippen molar-refractivity contribution in [3.8, 4) is 5.75 Å². The maximum Gasteiger partial charge on any atom is 0.270 e. The van der Waals surface area contributed by atoms with Crippen molar-refractivity contribution in [1.29, 1.82) is 0 Å². The molecule has 0 aliphatic heterocycles. The van der Waals surface area contributed by atoms with Gasteiger partial charge in [-0.2, -0.15) is 5.10 Å². The fourth-order valence-electron chi connectivity index (χ4n) is 2.45. The number of nitrogens with one attached hydrogen (secondary N) is 2. The van der Waals surface area contributed by atoms with Crippen molar-refractivity contribution in [3.63, 3.8) is 0 Å². The number of nitrogens with zero attached hydrogens (tertiary/aromatic N) is 2. The second-order valence-electron chi connectivity index (χ2n) is 5.95. The molecule has 0 saturated heterocycles. The summed E-state index contributed by atoms with van der Waals surface area (Å²) in [5.74, 6) is -0.0139. The largest absolute Gasteiger partial charge is 0.507 e. The Morgan fingerprint density at radius 1 is 1.03 bits per heavy atom. The maximum atomic E-state index is 12.9. The summed E-state index contributed by atoms with van der Waals surface area (Å²) in [6.07, 6.45) is 1.29. The standard InChI is InChI=1S/C19H15ClN4O5S/c20-15-6-2-3-7-16(15)23-30(28,29)19-11-14(24(26)27)9-10-17(19)22-21-12-13-5-1-4-8-18(13)25/h1-12,22-23,25H. The van der Waals surface area contributed by atoms with E-state index in [0.717, 1.165) is 12.1 Å². The van der Waals surface area contributed by atoms with Crippen LogP contribution in [-0.4, -0.2) is 24.7 Å². The normalized spacial score (nSPS) is 11.4. The monoisotopic (exact) mass is 446 g/mol. The van der Waals surface area contributed by atoms with Gasteiger partial charge >= 0.3 is 0 Å². The number of phenols is 1. The summed E-state index contributed by atoms with van der Waals surface area (Å²) in [6.45, 7) is 0. The average Bonchev–Trinajstić information content (AvgIpc) is 2.71. The number of sulfonamides is 1. The third-order valence-corrected chi connectivity index (χ3v) is 5.64. The molecule has 0 aliphatic rings. The Morgan fingerprint density at radius 3 is 2.43 bits per heavy atom. The van der Waals surface area contributed by atoms with Crippen LogP contribution in [0, 0.1) is 10.1 Å². The van der Waals surface area contributed by atoms with Crippen molar-refractivity contribution in [1.82, 2.24) is 0 Å². The van der Waals surface area contributed by atoms with Crippen LogP contribution in [-0.2, 0) is 10.0 Å². The fourth-order valence-corrected chi connectivity index (χ4v) is 3.95. The summed E-state index contributed by atoms with van der Waals surface area (Å²) in [4.78, 5) is 10.0. The molecule has 0 radical (unpaired) electrons. The number of hydrogen-bond donors (Lipinski definition) is 3. The van der Waals surface area contributed by atoms with Gasteiger partial charge in [0.2, 0.25) is 0 Å². The minimum atomic E-state index is -4.25.